The highest BCUT2D eigenvalue weighted by molar-refractivity contribution is 5.67. The lowest BCUT2D eigenvalue weighted by Crippen LogP contribution is -2.44. The molecule has 0 bridgehead atoms. The molecule has 0 aliphatic rings. The molecule has 0 unspecified atom stereocenters. The molecule has 1 aromatic heterocycles. The molecule has 0 aliphatic heterocycles. The number of carbonyl (C=O) groups is 1. The van der Waals surface area contributed by atoms with Gasteiger partial charge >= 0.3 is 12.0 Å². The molecule has 9 heteroatoms. The Labute approximate surface area is 113 Å². The van der Waals surface area contributed by atoms with E-state index in [4.69, 9.17) is 5.11 Å². The second-order valence-electron chi connectivity index (χ2n) is 3.99. The van der Waals surface area contributed by atoms with Gasteiger partial charge in [0.05, 0.1) is 6.54 Å². The Morgan fingerprint density at radius 2 is 1.95 bits per heavy atom. The van der Waals surface area contributed by atoms with Gasteiger partial charge in [-0.2, -0.15) is 0 Å². The first kappa shape index (κ1) is 13.6. The number of hydrogen-bond donors (Lipinski definition) is 3. The number of carboxylic acid groups (broad SMARTS) is 1. The van der Waals surface area contributed by atoms with Crippen LogP contribution in [0.2, 0.25) is 0 Å². The van der Waals surface area contributed by atoms with Gasteiger partial charge in [-0.15, -0.1) is 0 Å². The largest absolute Gasteiger partial charge is 0.739 e. The Balaban J connectivity index is 2.07. The van der Waals surface area contributed by atoms with Gasteiger partial charge in [-0.25, -0.2) is 9.52 Å². The Hall–Kier alpha value is -2.84. The quantitative estimate of drug-likeness (QED) is 0.387. The number of anilines is 1. The van der Waals surface area contributed by atoms with Crippen molar-refractivity contribution in [2.75, 3.05) is 18.4 Å². The van der Waals surface area contributed by atoms with Crippen molar-refractivity contribution in [3.63, 3.8) is 0 Å². The molecule has 0 spiro atoms. The minimum absolute atomic E-state index is 0.117. The van der Waals surface area contributed by atoms with Crippen molar-refractivity contribution in [3.8, 4) is 0 Å². The normalized spacial score (nSPS) is 10.4. The summed E-state index contributed by atoms with van der Waals surface area (Å²) >= 11 is 0. The summed E-state index contributed by atoms with van der Waals surface area (Å²) in [5.74, 6) is -0.117. The topological polar surface area (TPSA) is 128 Å². The summed E-state index contributed by atoms with van der Waals surface area (Å²) in [6.07, 6.45) is -0.648. The highest BCUT2D eigenvalue weighted by Gasteiger charge is 2.18. The average molecular weight is 279 g/mol. The number of para-hydroxylation sites is 2. The lowest BCUT2D eigenvalue weighted by atomic mass is 10.3. The zero-order chi connectivity index (χ0) is 14.5. The molecular formula is C11H13N5O4. The van der Waals surface area contributed by atoms with Crippen LogP contribution >= 0.6 is 0 Å². The van der Waals surface area contributed by atoms with Crippen molar-refractivity contribution in [3.05, 3.63) is 34.7 Å². The lowest BCUT2D eigenvalue weighted by molar-refractivity contribution is -0.672. The van der Waals surface area contributed by atoms with Gasteiger partial charge in [-0.05, 0) is 12.5 Å². The summed E-state index contributed by atoms with van der Waals surface area (Å²) in [6, 6.07) is 6.32. The molecule has 2 aromatic rings. The van der Waals surface area contributed by atoms with Crippen molar-refractivity contribution < 1.29 is 19.5 Å². The standard InChI is InChI=1S/C11H13N5O4/c17-11(18)13-7-3-6-12-10-14-16(20)9-5-2-1-4-8(9)15(10)19/h1-2,4-5,13H,3,6-7H2,(H,12,14)(H,17,18). The van der Waals surface area contributed by atoms with Crippen LogP contribution in [-0.4, -0.2) is 29.4 Å². The van der Waals surface area contributed by atoms with Crippen molar-refractivity contribution in [1.82, 2.24) is 10.4 Å². The maximum Gasteiger partial charge on any atom is 0.460 e. The van der Waals surface area contributed by atoms with Crippen LogP contribution < -0.4 is 20.2 Å². The highest BCUT2D eigenvalue weighted by atomic mass is 16.5. The van der Waals surface area contributed by atoms with Gasteiger partial charge in [0.1, 0.15) is 0 Å². The van der Waals surface area contributed by atoms with E-state index in [-0.39, 0.29) is 23.5 Å². The van der Waals surface area contributed by atoms with E-state index < -0.39 is 6.09 Å². The van der Waals surface area contributed by atoms with Gasteiger partial charge in [-0.1, -0.05) is 12.1 Å². The number of amides is 1. The van der Waals surface area contributed by atoms with Crippen LogP contribution in [0.25, 0.3) is 11.0 Å². The van der Waals surface area contributed by atoms with E-state index in [0.29, 0.717) is 22.5 Å². The maximum absolute atomic E-state index is 12.0. The van der Waals surface area contributed by atoms with E-state index in [0.717, 1.165) is 0 Å². The summed E-state index contributed by atoms with van der Waals surface area (Å²) in [5.41, 5.74) is 0.393. The third-order valence-corrected chi connectivity index (χ3v) is 2.60. The number of nitrogens with one attached hydrogen (secondary N) is 2. The van der Waals surface area contributed by atoms with Crippen LogP contribution in [0, 0.1) is 10.4 Å². The first-order valence-electron chi connectivity index (χ1n) is 5.92. The summed E-state index contributed by atoms with van der Waals surface area (Å²) in [7, 11) is 0. The average Bonchev–Trinajstić information content (AvgIpc) is 2.43. The Morgan fingerprint density at radius 1 is 1.25 bits per heavy atom. The highest BCUT2D eigenvalue weighted by Crippen LogP contribution is 2.05. The predicted octanol–water partition coefficient (Wildman–Crippen LogP) is -0.429. The molecule has 1 heterocycles. The monoisotopic (exact) mass is 279 g/mol. The first-order chi connectivity index (χ1) is 9.59. The smallest absolute Gasteiger partial charge is 0.460 e. The van der Waals surface area contributed by atoms with Gasteiger partial charge in [0.2, 0.25) is 5.10 Å². The lowest BCUT2D eigenvalue weighted by Gasteiger charge is -2.09. The third-order valence-electron chi connectivity index (χ3n) is 2.60. The summed E-state index contributed by atoms with van der Waals surface area (Å²) in [5, 5.41) is 40.5. The fraction of sp³-hybridized carbons (Fsp3) is 0.273. The summed E-state index contributed by atoms with van der Waals surface area (Å²) < 4.78 is 0.536. The number of benzene rings is 1. The van der Waals surface area contributed by atoms with Gasteiger partial charge in [0.15, 0.2) is 5.52 Å². The molecule has 0 saturated carbocycles. The van der Waals surface area contributed by atoms with Crippen LogP contribution in [0.4, 0.5) is 10.7 Å². The molecule has 0 fully saturated rings. The number of hydrogen-bond acceptors (Lipinski definition) is 5. The number of aromatic nitrogens is 3. The van der Waals surface area contributed by atoms with Crippen molar-refractivity contribution in [2.24, 2.45) is 0 Å². The van der Waals surface area contributed by atoms with E-state index in [9.17, 15) is 15.2 Å². The molecule has 1 amide bonds. The van der Waals surface area contributed by atoms with Crippen LogP contribution in [0.5, 0.6) is 0 Å². The van der Waals surface area contributed by atoms with Gasteiger partial charge in [-0.3, -0.25) is 5.32 Å². The zero-order valence-corrected chi connectivity index (χ0v) is 10.4. The van der Waals surface area contributed by atoms with E-state index in [1.165, 1.54) is 12.1 Å². The van der Waals surface area contributed by atoms with E-state index in [2.05, 4.69) is 15.7 Å². The number of fused-ring (bicyclic) bond motifs is 1. The van der Waals surface area contributed by atoms with Gasteiger partial charge < -0.3 is 20.8 Å². The molecule has 1 aromatic carbocycles. The van der Waals surface area contributed by atoms with Crippen LogP contribution in [0.1, 0.15) is 6.42 Å². The second kappa shape index (κ2) is 5.87. The van der Waals surface area contributed by atoms with Crippen LogP contribution in [0.3, 0.4) is 0 Å². The summed E-state index contributed by atoms with van der Waals surface area (Å²) in [4.78, 5) is 10.6. The molecule has 9 nitrogen and oxygen atoms in total. The van der Waals surface area contributed by atoms with Crippen molar-refractivity contribution in [1.29, 1.82) is 0 Å². The summed E-state index contributed by atoms with van der Waals surface area (Å²) in [6.45, 7) is 0.556. The molecule has 0 saturated heterocycles. The van der Waals surface area contributed by atoms with E-state index in [1.807, 2.05) is 0 Å². The molecule has 2 rings (SSSR count). The van der Waals surface area contributed by atoms with Crippen molar-refractivity contribution >= 4 is 23.1 Å². The fourth-order valence-electron chi connectivity index (χ4n) is 1.68. The molecule has 3 N–H and O–H groups in total. The van der Waals surface area contributed by atoms with Gasteiger partial charge in [0.25, 0.3) is 5.52 Å². The first-order valence-corrected chi connectivity index (χ1v) is 5.92. The van der Waals surface area contributed by atoms with Crippen molar-refractivity contribution in [2.45, 2.75) is 6.42 Å². The molecule has 106 valence electrons. The van der Waals surface area contributed by atoms with E-state index in [1.54, 1.807) is 12.1 Å². The van der Waals surface area contributed by atoms with Gasteiger partial charge in [0, 0.05) is 17.5 Å². The van der Waals surface area contributed by atoms with E-state index >= 15 is 0 Å². The maximum atomic E-state index is 12.0. The SMILES string of the molecule is O=C(O)NCCCNc1n[n+]([O-])c2ccccc2[n+]1[O-]. The Kier molecular flexibility index (Phi) is 3.99. The minimum Gasteiger partial charge on any atom is -0.739 e. The second-order valence-corrected chi connectivity index (χ2v) is 3.99. The zero-order valence-electron chi connectivity index (χ0n) is 10.4. The fourth-order valence-corrected chi connectivity index (χ4v) is 1.68. The Bertz CT molecular complexity index is 633. The molecule has 0 atom stereocenters. The Morgan fingerprint density at radius 3 is 2.65 bits per heavy atom. The molecular weight excluding hydrogens is 266 g/mol. The molecule has 0 radical (unpaired) electrons. The third kappa shape index (κ3) is 2.94. The molecule has 0 aliphatic carbocycles. The van der Waals surface area contributed by atoms with Crippen LogP contribution in [0.15, 0.2) is 24.3 Å². The van der Waals surface area contributed by atoms with Crippen LogP contribution in [-0.2, 0) is 0 Å². The predicted molar refractivity (Wildman–Crippen MR) is 68.8 cm³/mol. The minimum atomic E-state index is -1.11. The number of nitrogens with zero attached hydrogens (tertiary/aromatic N) is 3. The number of rotatable bonds is 5. The molecule has 20 heavy (non-hydrogen) atoms.